The van der Waals surface area contributed by atoms with Gasteiger partial charge in [0.1, 0.15) is 0 Å². The van der Waals surface area contributed by atoms with Crippen molar-refractivity contribution in [2.45, 2.75) is 45.6 Å². The predicted octanol–water partition coefficient (Wildman–Crippen LogP) is 1.03. The number of piperazine rings is 1. The molecule has 5 nitrogen and oxygen atoms in total. The molecule has 0 aromatic rings. The summed E-state index contributed by atoms with van der Waals surface area (Å²) in [5.41, 5.74) is 0. The zero-order chi connectivity index (χ0) is 15.3. The van der Waals surface area contributed by atoms with E-state index in [1.165, 1.54) is 6.42 Å². The smallest absolute Gasteiger partial charge is 0.213 e. The Hall–Kier alpha value is -0.170. The molecule has 1 saturated heterocycles. The minimum Gasteiger partial charge on any atom is -0.314 e. The van der Waals surface area contributed by atoms with Crippen LogP contribution in [-0.2, 0) is 10.0 Å². The highest BCUT2D eigenvalue weighted by atomic mass is 32.2. The molecule has 6 heteroatoms. The van der Waals surface area contributed by atoms with Crippen LogP contribution in [0.4, 0.5) is 0 Å². The van der Waals surface area contributed by atoms with Crippen LogP contribution < -0.4 is 10.0 Å². The molecule has 1 heterocycles. The Morgan fingerprint density at radius 2 is 1.86 bits per heavy atom. The van der Waals surface area contributed by atoms with Crippen molar-refractivity contribution in [3.8, 4) is 0 Å². The summed E-state index contributed by atoms with van der Waals surface area (Å²) in [6.45, 7) is 8.89. The molecule has 0 radical (unpaired) electrons. The van der Waals surface area contributed by atoms with Crippen molar-refractivity contribution in [2.75, 3.05) is 38.5 Å². The maximum Gasteiger partial charge on any atom is 0.213 e. The number of hydrogen-bond acceptors (Lipinski definition) is 4. The van der Waals surface area contributed by atoms with Crippen LogP contribution in [0.5, 0.6) is 0 Å². The van der Waals surface area contributed by atoms with E-state index in [4.69, 9.17) is 0 Å². The van der Waals surface area contributed by atoms with Crippen LogP contribution in [0, 0.1) is 11.8 Å². The number of hydrogen-bond donors (Lipinski definition) is 2. The summed E-state index contributed by atoms with van der Waals surface area (Å²) in [6, 6.07) is 0.145. The van der Waals surface area contributed by atoms with Crippen molar-refractivity contribution in [2.24, 2.45) is 11.8 Å². The molecule has 2 rings (SSSR count). The van der Waals surface area contributed by atoms with Gasteiger partial charge in [0.2, 0.25) is 10.0 Å². The summed E-state index contributed by atoms with van der Waals surface area (Å²) in [4.78, 5) is 2.23. The Morgan fingerprint density at radius 1 is 1.19 bits per heavy atom. The van der Waals surface area contributed by atoms with Crippen LogP contribution in [-0.4, -0.2) is 57.8 Å². The molecule has 2 unspecified atom stereocenters. The lowest BCUT2D eigenvalue weighted by Gasteiger charge is -2.35. The molecule has 2 aliphatic rings. The van der Waals surface area contributed by atoms with E-state index in [9.17, 15) is 8.42 Å². The third kappa shape index (κ3) is 5.51. The van der Waals surface area contributed by atoms with E-state index in [-0.39, 0.29) is 11.8 Å². The molecular weight excluding hydrogens is 286 g/mol. The normalized spacial score (nSPS) is 28.9. The molecule has 1 saturated carbocycles. The van der Waals surface area contributed by atoms with Gasteiger partial charge in [0.25, 0.3) is 0 Å². The first-order valence-corrected chi connectivity index (χ1v) is 10.1. The Balaban J connectivity index is 1.83. The van der Waals surface area contributed by atoms with Crippen LogP contribution in [0.25, 0.3) is 0 Å². The van der Waals surface area contributed by atoms with E-state index < -0.39 is 10.0 Å². The van der Waals surface area contributed by atoms with Crippen molar-refractivity contribution in [1.29, 1.82) is 0 Å². The average molecular weight is 317 g/mol. The summed E-state index contributed by atoms with van der Waals surface area (Å²) >= 11 is 0. The molecule has 21 heavy (non-hydrogen) atoms. The average Bonchev–Trinajstić information content (AvgIpc) is 2.46. The van der Waals surface area contributed by atoms with E-state index in [2.05, 4.69) is 28.8 Å². The maximum absolute atomic E-state index is 12.4. The third-order valence-corrected chi connectivity index (χ3v) is 6.27. The fourth-order valence-electron chi connectivity index (χ4n) is 3.58. The summed E-state index contributed by atoms with van der Waals surface area (Å²) in [5, 5.41) is 3.29. The SMILES string of the molecule is CC(C)C1CCCCC1NS(=O)(=O)CCN1CCNCC1. The Labute approximate surface area is 129 Å². The topological polar surface area (TPSA) is 61.4 Å². The largest absolute Gasteiger partial charge is 0.314 e. The van der Waals surface area contributed by atoms with Gasteiger partial charge in [-0.1, -0.05) is 26.7 Å². The molecule has 0 spiro atoms. The summed E-state index contributed by atoms with van der Waals surface area (Å²) in [7, 11) is -3.16. The lowest BCUT2D eigenvalue weighted by atomic mass is 9.78. The van der Waals surface area contributed by atoms with Crippen LogP contribution in [0.1, 0.15) is 39.5 Å². The number of nitrogens with zero attached hydrogens (tertiary/aromatic N) is 1. The van der Waals surface area contributed by atoms with Gasteiger partial charge in [-0.25, -0.2) is 13.1 Å². The fourth-order valence-corrected chi connectivity index (χ4v) is 4.95. The first-order chi connectivity index (χ1) is 9.98. The first kappa shape index (κ1) is 17.2. The van der Waals surface area contributed by atoms with Gasteiger partial charge in [0.05, 0.1) is 5.75 Å². The Kier molecular flexibility index (Phi) is 6.47. The van der Waals surface area contributed by atoms with Gasteiger partial charge >= 0.3 is 0 Å². The van der Waals surface area contributed by atoms with Crippen LogP contribution in [0.3, 0.4) is 0 Å². The molecule has 1 aliphatic heterocycles. The lowest BCUT2D eigenvalue weighted by molar-refractivity contribution is 0.225. The van der Waals surface area contributed by atoms with Crippen molar-refractivity contribution in [3.63, 3.8) is 0 Å². The molecular formula is C15H31N3O2S. The highest BCUT2D eigenvalue weighted by Gasteiger charge is 2.30. The third-order valence-electron chi connectivity index (χ3n) is 4.89. The second-order valence-electron chi connectivity index (χ2n) is 6.83. The van der Waals surface area contributed by atoms with Crippen molar-refractivity contribution < 1.29 is 8.42 Å². The first-order valence-electron chi connectivity index (χ1n) is 8.41. The van der Waals surface area contributed by atoms with Crippen LogP contribution >= 0.6 is 0 Å². The van der Waals surface area contributed by atoms with Gasteiger partial charge in [-0.2, -0.15) is 0 Å². The molecule has 1 aliphatic carbocycles. The molecule has 0 bridgehead atoms. The highest BCUT2D eigenvalue weighted by Crippen LogP contribution is 2.30. The van der Waals surface area contributed by atoms with E-state index in [0.29, 0.717) is 18.4 Å². The zero-order valence-corrected chi connectivity index (χ0v) is 14.3. The van der Waals surface area contributed by atoms with E-state index in [1.807, 2.05) is 0 Å². The molecule has 0 amide bonds. The summed E-state index contributed by atoms with van der Waals surface area (Å²) in [5.74, 6) is 1.27. The standard InChI is InChI=1S/C15H31N3O2S/c1-13(2)14-5-3-4-6-15(14)17-21(19,20)12-11-18-9-7-16-8-10-18/h13-17H,3-12H2,1-2H3. The van der Waals surface area contributed by atoms with Crippen molar-refractivity contribution in [1.82, 2.24) is 14.9 Å². The zero-order valence-electron chi connectivity index (χ0n) is 13.5. The Morgan fingerprint density at radius 3 is 2.52 bits per heavy atom. The second kappa shape index (κ2) is 7.90. The predicted molar refractivity (Wildman–Crippen MR) is 86.8 cm³/mol. The number of rotatable bonds is 6. The highest BCUT2D eigenvalue weighted by molar-refractivity contribution is 7.89. The maximum atomic E-state index is 12.4. The van der Waals surface area contributed by atoms with E-state index in [0.717, 1.165) is 45.4 Å². The lowest BCUT2D eigenvalue weighted by Crippen LogP contribution is -2.48. The summed E-state index contributed by atoms with van der Waals surface area (Å²) in [6.07, 6.45) is 4.54. The molecule has 0 aromatic heterocycles. The molecule has 0 aromatic carbocycles. The minimum atomic E-state index is -3.16. The van der Waals surface area contributed by atoms with Gasteiger partial charge in [0.15, 0.2) is 0 Å². The second-order valence-corrected chi connectivity index (χ2v) is 8.70. The monoisotopic (exact) mass is 317 g/mol. The van der Waals surface area contributed by atoms with Crippen molar-refractivity contribution in [3.05, 3.63) is 0 Å². The Bertz CT molecular complexity index is 405. The van der Waals surface area contributed by atoms with Gasteiger partial charge in [-0.05, 0) is 24.7 Å². The van der Waals surface area contributed by atoms with Crippen LogP contribution in [0.2, 0.25) is 0 Å². The molecule has 2 fully saturated rings. The fraction of sp³-hybridized carbons (Fsp3) is 1.00. The van der Waals surface area contributed by atoms with Gasteiger partial charge in [-0.15, -0.1) is 0 Å². The van der Waals surface area contributed by atoms with Gasteiger partial charge in [-0.3, -0.25) is 4.90 Å². The molecule has 2 N–H and O–H groups in total. The van der Waals surface area contributed by atoms with Crippen molar-refractivity contribution >= 4 is 10.0 Å². The molecule has 2 atom stereocenters. The van der Waals surface area contributed by atoms with E-state index >= 15 is 0 Å². The van der Waals surface area contributed by atoms with E-state index in [1.54, 1.807) is 0 Å². The van der Waals surface area contributed by atoms with Crippen LogP contribution in [0.15, 0.2) is 0 Å². The quantitative estimate of drug-likeness (QED) is 0.768. The number of sulfonamides is 1. The molecule has 124 valence electrons. The summed E-state index contributed by atoms with van der Waals surface area (Å²) < 4.78 is 27.7. The minimum absolute atomic E-state index is 0.145. The van der Waals surface area contributed by atoms with Gasteiger partial charge in [0, 0.05) is 38.8 Å². The van der Waals surface area contributed by atoms with Gasteiger partial charge < -0.3 is 5.32 Å². The number of nitrogens with one attached hydrogen (secondary N) is 2.